The van der Waals surface area contributed by atoms with Gasteiger partial charge in [-0.3, -0.25) is 28.9 Å². The van der Waals surface area contributed by atoms with E-state index in [4.69, 9.17) is 0 Å². The van der Waals surface area contributed by atoms with Crippen molar-refractivity contribution in [1.29, 1.82) is 0 Å². The molecule has 4 amide bonds. The molecule has 1 N–H and O–H groups in total. The fourth-order valence-corrected chi connectivity index (χ4v) is 5.75. The van der Waals surface area contributed by atoms with Crippen molar-refractivity contribution in [3.63, 3.8) is 0 Å². The van der Waals surface area contributed by atoms with Crippen molar-refractivity contribution in [3.05, 3.63) is 71.5 Å². The van der Waals surface area contributed by atoms with Crippen LogP contribution in [0.15, 0.2) is 54.9 Å². The number of anilines is 1. The molecular formula is C29H31N5O5. The molecule has 0 saturated carbocycles. The van der Waals surface area contributed by atoms with E-state index in [1.54, 1.807) is 40.0 Å². The molecule has 0 saturated heterocycles. The molecule has 5 rings (SSSR count). The smallest absolute Gasteiger partial charge is 0.408 e. The zero-order valence-corrected chi connectivity index (χ0v) is 22.4. The van der Waals surface area contributed by atoms with Gasteiger partial charge >= 0.3 is 6.09 Å². The molecule has 0 spiro atoms. The quantitative estimate of drug-likeness (QED) is 0.473. The Kier molecular flexibility index (Phi) is 6.71. The maximum absolute atomic E-state index is 12.7. The minimum atomic E-state index is -1.00. The summed E-state index contributed by atoms with van der Waals surface area (Å²) in [4.78, 5) is 54.5. The molecule has 0 bridgehead atoms. The van der Waals surface area contributed by atoms with Gasteiger partial charge in [0.05, 0.1) is 29.9 Å². The average Bonchev–Trinajstić information content (AvgIpc) is 3.45. The maximum Gasteiger partial charge on any atom is 0.408 e. The van der Waals surface area contributed by atoms with Crippen molar-refractivity contribution in [1.82, 2.24) is 19.6 Å². The summed E-state index contributed by atoms with van der Waals surface area (Å²) in [5, 5.41) is 14.4. The van der Waals surface area contributed by atoms with Crippen LogP contribution in [0, 0.1) is 0 Å². The number of rotatable bonds is 6. The summed E-state index contributed by atoms with van der Waals surface area (Å²) in [7, 11) is 0. The molecule has 2 unspecified atom stereocenters. The minimum Gasteiger partial charge on any atom is -0.465 e. The number of benzene rings is 2. The number of aromatic nitrogens is 2. The standard InChI is InChI=1S/C29H31N5O5/c1-17(2)33(29(38)39)26-13-18(3)34(19(4)35)25-10-9-20(14-24(25)26)21-15-30-31(16-21)11-12-32-27(36)22-7-5-6-8-23(22)28(32)37/h5-10,14-18,26H,11-13H2,1-4H3,(H,38,39). The molecule has 39 heavy (non-hydrogen) atoms. The van der Waals surface area contributed by atoms with Crippen molar-refractivity contribution in [3.8, 4) is 11.1 Å². The van der Waals surface area contributed by atoms with Crippen LogP contribution in [0.4, 0.5) is 10.5 Å². The second kappa shape index (κ2) is 10.0. The first kappa shape index (κ1) is 26.1. The lowest BCUT2D eigenvalue weighted by atomic mass is 9.88. The van der Waals surface area contributed by atoms with E-state index in [1.165, 1.54) is 16.7 Å². The van der Waals surface area contributed by atoms with Crippen LogP contribution in [0.5, 0.6) is 0 Å². The van der Waals surface area contributed by atoms with Gasteiger partial charge in [0.2, 0.25) is 5.91 Å². The Hall–Kier alpha value is -4.47. The van der Waals surface area contributed by atoms with Crippen LogP contribution in [0.25, 0.3) is 11.1 Å². The van der Waals surface area contributed by atoms with Crippen LogP contribution in [-0.4, -0.2) is 67.1 Å². The van der Waals surface area contributed by atoms with E-state index in [0.29, 0.717) is 29.8 Å². The molecule has 10 heteroatoms. The summed E-state index contributed by atoms with van der Waals surface area (Å²) in [6.45, 7) is 7.66. The Labute approximate surface area is 226 Å². The van der Waals surface area contributed by atoms with Crippen molar-refractivity contribution in [2.24, 2.45) is 0 Å². The van der Waals surface area contributed by atoms with Crippen LogP contribution >= 0.6 is 0 Å². The van der Waals surface area contributed by atoms with Crippen molar-refractivity contribution in [2.75, 3.05) is 11.4 Å². The molecule has 2 atom stereocenters. The first-order chi connectivity index (χ1) is 18.6. The number of carbonyl (C=O) groups is 4. The third-order valence-electron chi connectivity index (χ3n) is 7.50. The number of carboxylic acid groups (broad SMARTS) is 1. The van der Waals surface area contributed by atoms with E-state index in [2.05, 4.69) is 5.10 Å². The number of hydrogen-bond donors (Lipinski definition) is 1. The largest absolute Gasteiger partial charge is 0.465 e. The molecule has 0 fully saturated rings. The number of hydrogen-bond acceptors (Lipinski definition) is 5. The van der Waals surface area contributed by atoms with Gasteiger partial charge in [-0.15, -0.1) is 0 Å². The molecule has 2 aliphatic heterocycles. The van der Waals surface area contributed by atoms with Gasteiger partial charge in [-0.2, -0.15) is 5.10 Å². The predicted octanol–water partition coefficient (Wildman–Crippen LogP) is 4.42. The van der Waals surface area contributed by atoms with Crippen molar-refractivity contribution >= 4 is 29.5 Å². The summed E-state index contributed by atoms with van der Waals surface area (Å²) in [5.74, 6) is -0.704. The molecular weight excluding hydrogens is 498 g/mol. The lowest BCUT2D eigenvalue weighted by Crippen LogP contribution is -2.48. The van der Waals surface area contributed by atoms with Crippen LogP contribution in [0.2, 0.25) is 0 Å². The lowest BCUT2D eigenvalue weighted by molar-refractivity contribution is -0.117. The molecule has 202 valence electrons. The molecule has 2 aliphatic rings. The molecule has 10 nitrogen and oxygen atoms in total. The van der Waals surface area contributed by atoms with Crippen molar-refractivity contribution < 1.29 is 24.3 Å². The minimum absolute atomic E-state index is 0.0950. The Morgan fingerprint density at radius 2 is 1.72 bits per heavy atom. The highest BCUT2D eigenvalue weighted by Crippen LogP contribution is 2.43. The lowest BCUT2D eigenvalue weighted by Gasteiger charge is -2.43. The second-order valence-corrected chi connectivity index (χ2v) is 10.3. The summed E-state index contributed by atoms with van der Waals surface area (Å²) in [6.07, 6.45) is 3.02. The summed E-state index contributed by atoms with van der Waals surface area (Å²) < 4.78 is 1.68. The van der Waals surface area contributed by atoms with Gasteiger partial charge in [0.25, 0.3) is 11.8 Å². The number of nitrogens with zero attached hydrogens (tertiary/aromatic N) is 5. The highest BCUT2D eigenvalue weighted by atomic mass is 16.4. The molecule has 0 aliphatic carbocycles. The average molecular weight is 530 g/mol. The van der Waals surface area contributed by atoms with E-state index in [0.717, 1.165) is 16.7 Å². The third-order valence-corrected chi connectivity index (χ3v) is 7.50. The molecule has 1 aromatic heterocycles. The second-order valence-electron chi connectivity index (χ2n) is 10.3. The fraction of sp³-hybridized carbons (Fsp3) is 0.345. The Morgan fingerprint density at radius 1 is 1.05 bits per heavy atom. The van der Waals surface area contributed by atoms with Crippen LogP contribution in [0.1, 0.15) is 66.4 Å². The van der Waals surface area contributed by atoms with E-state index >= 15 is 0 Å². The number of fused-ring (bicyclic) bond motifs is 2. The molecule has 3 heterocycles. The first-order valence-corrected chi connectivity index (χ1v) is 13.0. The molecule has 2 aromatic carbocycles. The SMILES string of the molecule is CC(=O)N1c2ccc(-c3cnn(CCN4C(=O)c5ccccc5C4=O)c3)cc2C(N(C(=O)O)C(C)C)CC1C. The van der Waals surface area contributed by atoms with Gasteiger partial charge in [-0.05, 0) is 62.6 Å². The molecule has 0 radical (unpaired) electrons. The predicted molar refractivity (Wildman–Crippen MR) is 144 cm³/mol. The van der Waals surface area contributed by atoms with E-state index in [1.807, 2.05) is 45.2 Å². The maximum atomic E-state index is 12.7. The number of carbonyl (C=O) groups excluding carboxylic acids is 3. The van der Waals surface area contributed by atoms with Crippen LogP contribution in [-0.2, 0) is 11.3 Å². The van der Waals surface area contributed by atoms with Gasteiger partial charge in [-0.1, -0.05) is 18.2 Å². The monoisotopic (exact) mass is 529 g/mol. The van der Waals surface area contributed by atoms with Gasteiger partial charge in [0, 0.05) is 43.0 Å². The topological polar surface area (TPSA) is 116 Å². The Bertz CT molecular complexity index is 1440. The zero-order valence-electron chi connectivity index (χ0n) is 22.4. The summed E-state index contributed by atoms with van der Waals surface area (Å²) in [6, 6.07) is 11.7. The number of imide groups is 1. The van der Waals surface area contributed by atoms with Crippen LogP contribution in [0.3, 0.4) is 0 Å². The van der Waals surface area contributed by atoms with Gasteiger partial charge in [0.1, 0.15) is 0 Å². The summed E-state index contributed by atoms with van der Waals surface area (Å²) >= 11 is 0. The van der Waals surface area contributed by atoms with E-state index in [-0.39, 0.29) is 36.3 Å². The number of amides is 4. The van der Waals surface area contributed by atoms with Gasteiger partial charge in [-0.25, -0.2) is 4.79 Å². The molecule has 3 aromatic rings. The fourth-order valence-electron chi connectivity index (χ4n) is 5.75. The van der Waals surface area contributed by atoms with Gasteiger partial charge < -0.3 is 10.0 Å². The zero-order chi connectivity index (χ0) is 28.0. The highest BCUT2D eigenvalue weighted by molar-refractivity contribution is 6.21. The summed E-state index contributed by atoms with van der Waals surface area (Å²) in [5.41, 5.74) is 3.95. The Morgan fingerprint density at radius 3 is 2.31 bits per heavy atom. The van der Waals surface area contributed by atoms with Crippen LogP contribution < -0.4 is 4.90 Å². The van der Waals surface area contributed by atoms with E-state index in [9.17, 15) is 24.3 Å². The van der Waals surface area contributed by atoms with Crippen molar-refractivity contribution in [2.45, 2.75) is 58.8 Å². The van der Waals surface area contributed by atoms with Gasteiger partial charge in [0.15, 0.2) is 0 Å². The Balaban J connectivity index is 1.41. The first-order valence-electron chi connectivity index (χ1n) is 13.0. The normalized spacial score (nSPS) is 18.4. The van der Waals surface area contributed by atoms with E-state index < -0.39 is 12.1 Å². The highest BCUT2D eigenvalue weighted by Gasteiger charge is 2.38. The third kappa shape index (κ3) is 4.56.